The van der Waals surface area contributed by atoms with Crippen LogP contribution in [0.15, 0.2) is 71.9 Å². The number of hydrogen-bond donors (Lipinski definition) is 2. The normalized spacial score (nSPS) is 23.3. The van der Waals surface area contributed by atoms with E-state index >= 15 is 0 Å². The molecule has 2 N–H and O–H groups in total. The quantitative estimate of drug-likeness (QED) is 0.823. The van der Waals surface area contributed by atoms with Crippen molar-refractivity contribution in [2.24, 2.45) is 0 Å². The van der Waals surface area contributed by atoms with Crippen LogP contribution in [0.25, 0.3) is 0 Å². The third kappa shape index (κ3) is 2.74. The van der Waals surface area contributed by atoms with Gasteiger partial charge in [0.25, 0.3) is 0 Å². The van der Waals surface area contributed by atoms with Crippen LogP contribution in [0.2, 0.25) is 0 Å². The summed E-state index contributed by atoms with van der Waals surface area (Å²) in [5.74, 6) is 0.406. The van der Waals surface area contributed by atoms with Crippen LogP contribution in [0, 0.1) is 0 Å². The molecule has 4 rings (SSSR count). The molecule has 2 aromatic rings. The third-order valence-corrected chi connectivity index (χ3v) is 4.96. The minimum Gasteiger partial charge on any atom is -0.351 e. The molecule has 120 valence electrons. The second kappa shape index (κ2) is 6.21. The third-order valence-electron chi connectivity index (χ3n) is 4.74. The number of carbonyl (C=O) groups is 1. The van der Waals surface area contributed by atoms with Gasteiger partial charge in [0.2, 0.25) is 0 Å². The summed E-state index contributed by atoms with van der Waals surface area (Å²) in [4.78, 5) is 12.9. The largest absolute Gasteiger partial charge is 0.351 e. The van der Waals surface area contributed by atoms with Crippen LogP contribution in [-0.4, -0.2) is 10.9 Å². The summed E-state index contributed by atoms with van der Waals surface area (Å²) in [6, 6.07) is 20.1. The van der Waals surface area contributed by atoms with Crippen LogP contribution in [-0.2, 0) is 4.79 Å². The Morgan fingerprint density at radius 3 is 2.17 bits per heavy atom. The van der Waals surface area contributed by atoms with Crippen molar-refractivity contribution in [1.29, 1.82) is 0 Å². The van der Waals surface area contributed by atoms with Crippen molar-refractivity contribution in [3.63, 3.8) is 0 Å². The van der Waals surface area contributed by atoms with Crippen LogP contribution >= 0.6 is 12.2 Å². The number of hydrogen-bond acceptors (Lipinski definition) is 2. The minimum absolute atomic E-state index is 0.154. The molecule has 0 unspecified atom stereocenters. The standard InChI is InChI=1S/C20H18N2OS/c23-17-12-15(13-7-3-1-4-8-13)11-16-18(17)19(22-20(24)21-16)14-9-5-2-6-10-14/h1-10,15,19H,11-12H2,(H2,21,22,24)/t15-,19-/m1/s1. The van der Waals surface area contributed by atoms with Gasteiger partial charge in [0.05, 0.1) is 6.04 Å². The van der Waals surface area contributed by atoms with Crippen LogP contribution in [0.1, 0.15) is 35.9 Å². The maximum absolute atomic E-state index is 12.9. The Kier molecular flexibility index (Phi) is 3.90. The summed E-state index contributed by atoms with van der Waals surface area (Å²) in [5.41, 5.74) is 4.08. The van der Waals surface area contributed by atoms with E-state index < -0.39 is 0 Å². The Morgan fingerprint density at radius 1 is 0.875 bits per heavy atom. The van der Waals surface area contributed by atoms with E-state index in [-0.39, 0.29) is 17.7 Å². The molecule has 0 fully saturated rings. The molecule has 0 saturated carbocycles. The average Bonchev–Trinajstić information content (AvgIpc) is 2.62. The Balaban J connectivity index is 1.72. The summed E-state index contributed by atoms with van der Waals surface area (Å²) >= 11 is 5.38. The highest BCUT2D eigenvalue weighted by Gasteiger charge is 2.36. The van der Waals surface area contributed by atoms with Crippen molar-refractivity contribution in [3.8, 4) is 0 Å². The SMILES string of the molecule is O=C1C[C@H](c2ccccc2)CC2=C1[C@@H](c1ccccc1)NC(=S)N2. The van der Waals surface area contributed by atoms with Gasteiger partial charge in [0.15, 0.2) is 10.9 Å². The summed E-state index contributed by atoms with van der Waals surface area (Å²) in [6.07, 6.45) is 1.36. The molecular weight excluding hydrogens is 316 g/mol. The first-order valence-corrected chi connectivity index (χ1v) is 8.57. The van der Waals surface area contributed by atoms with E-state index in [1.54, 1.807) is 0 Å². The molecule has 2 aliphatic rings. The molecule has 0 amide bonds. The van der Waals surface area contributed by atoms with Crippen LogP contribution in [0.5, 0.6) is 0 Å². The van der Waals surface area contributed by atoms with E-state index in [0.29, 0.717) is 11.5 Å². The van der Waals surface area contributed by atoms with Crippen molar-refractivity contribution in [1.82, 2.24) is 10.6 Å². The second-order valence-electron chi connectivity index (χ2n) is 6.27. The Bertz CT molecular complexity index is 814. The number of nitrogens with one attached hydrogen (secondary N) is 2. The van der Waals surface area contributed by atoms with Crippen LogP contribution in [0.3, 0.4) is 0 Å². The number of thiocarbonyl (C=S) groups is 1. The highest BCUT2D eigenvalue weighted by Crippen LogP contribution is 2.39. The number of benzene rings is 2. The molecule has 0 aromatic heterocycles. The lowest BCUT2D eigenvalue weighted by molar-refractivity contribution is -0.116. The molecule has 0 saturated heterocycles. The topological polar surface area (TPSA) is 41.1 Å². The van der Waals surface area contributed by atoms with Gasteiger partial charge in [-0.15, -0.1) is 0 Å². The maximum Gasteiger partial charge on any atom is 0.171 e. The predicted molar refractivity (Wildman–Crippen MR) is 98.5 cm³/mol. The number of carbonyl (C=O) groups excluding carboxylic acids is 1. The lowest BCUT2D eigenvalue weighted by Crippen LogP contribution is -2.47. The zero-order valence-corrected chi connectivity index (χ0v) is 14.0. The molecule has 4 heteroatoms. The summed E-state index contributed by atoms with van der Waals surface area (Å²) in [6.45, 7) is 0. The first-order valence-electron chi connectivity index (χ1n) is 8.16. The molecule has 1 aliphatic heterocycles. The summed E-state index contributed by atoms with van der Waals surface area (Å²) < 4.78 is 0. The van der Waals surface area contributed by atoms with E-state index in [1.807, 2.05) is 48.5 Å². The van der Waals surface area contributed by atoms with Crippen molar-refractivity contribution in [2.75, 3.05) is 0 Å². The van der Waals surface area contributed by atoms with Crippen molar-refractivity contribution in [2.45, 2.75) is 24.8 Å². The van der Waals surface area contributed by atoms with Crippen molar-refractivity contribution < 1.29 is 4.79 Å². The summed E-state index contributed by atoms with van der Waals surface area (Å²) in [7, 11) is 0. The lowest BCUT2D eigenvalue weighted by Gasteiger charge is -2.36. The van der Waals surface area contributed by atoms with Crippen molar-refractivity contribution in [3.05, 3.63) is 83.1 Å². The molecule has 24 heavy (non-hydrogen) atoms. The average molecular weight is 334 g/mol. The highest BCUT2D eigenvalue weighted by molar-refractivity contribution is 7.80. The monoisotopic (exact) mass is 334 g/mol. The Morgan fingerprint density at radius 2 is 1.50 bits per heavy atom. The molecular formula is C20H18N2OS. The smallest absolute Gasteiger partial charge is 0.171 e. The Hall–Kier alpha value is -2.46. The van der Waals surface area contributed by atoms with Gasteiger partial charge < -0.3 is 10.6 Å². The van der Waals surface area contributed by atoms with E-state index in [0.717, 1.165) is 23.3 Å². The first-order chi connectivity index (χ1) is 11.7. The molecule has 0 bridgehead atoms. The summed E-state index contributed by atoms with van der Waals surface area (Å²) in [5, 5.41) is 7.07. The number of rotatable bonds is 2. The van der Waals surface area contributed by atoms with Gasteiger partial charge in [-0.3, -0.25) is 4.79 Å². The van der Waals surface area contributed by atoms with Gasteiger partial charge in [0.1, 0.15) is 0 Å². The fraction of sp³-hybridized carbons (Fsp3) is 0.200. The molecule has 1 heterocycles. The predicted octanol–water partition coefficient (Wildman–Crippen LogP) is 3.61. The van der Waals surface area contributed by atoms with Crippen LogP contribution < -0.4 is 10.6 Å². The van der Waals surface area contributed by atoms with E-state index in [4.69, 9.17) is 12.2 Å². The molecule has 1 aliphatic carbocycles. The van der Waals surface area contributed by atoms with Gasteiger partial charge in [-0.1, -0.05) is 60.7 Å². The van der Waals surface area contributed by atoms with E-state index in [1.165, 1.54) is 5.56 Å². The second-order valence-corrected chi connectivity index (χ2v) is 6.68. The highest BCUT2D eigenvalue weighted by atomic mass is 32.1. The van der Waals surface area contributed by atoms with Gasteiger partial charge in [0, 0.05) is 17.7 Å². The first kappa shape index (κ1) is 15.1. The molecule has 0 spiro atoms. The zero-order chi connectivity index (χ0) is 16.5. The molecule has 2 atom stereocenters. The van der Waals surface area contributed by atoms with E-state index in [2.05, 4.69) is 22.8 Å². The number of Topliss-reactive ketones (excluding diaryl/α,β-unsaturated/α-hetero) is 1. The Labute approximate surface area is 146 Å². The fourth-order valence-corrected chi connectivity index (χ4v) is 3.86. The molecule has 2 aromatic carbocycles. The molecule has 3 nitrogen and oxygen atoms in total. The minimum atomic E-state index is -0.154. The van der Waals surface area contributed by atoms with Gasteiger partial charge in [-0.25, -0.2) is 0 Å². The van der Waals surface area contributed by atoms with Gasteiger partial charge in [-0.2, -0.15) is 0 Å². The lowest BCUT2D eigenvalue weighted by atomic mass is 9.78. The zero-order valence-electron chi connectivity index (χ0n) is 13.2. The van der Waals surface area contributed by atoms with Gasteiger partial charge in [-0.05, 0) is 35.7 Å². The van der Waals surface area contributed by atoms with Crippen LogP contribution in [0.4, 0.5) is 0 Å². The number of allylic oxidation sites excluding steroid dienone is 1. The van der Waals surface area contributed by atoms with Gasteiger partial charge >= 0.3 is 0 Å². The number of ketones is 1. The maximum atomic E-state index is 12.9. The molecule has 0 radical (unpaired) electrons. The fourth-order valence-electron chi connectivity index (χ4n) is 3.62. The van der Waals surface area contributed by atoms with Crippen molar-refractivity contribution >= 4 is 23.1 Å². The van der Waals surface area contributed by atoms with E-state index in [9.17, 15) is 4.79 Å².